The van der Waals surface area contributed by atoms with E-state index < -0.39 is 0 Å². The average Bonchev–Trinajstić information content (AvgIpc) is 3.10. The molecule has 1 aromatic rings. The van der Waals surface area contributed by atoms with Gasteiger partial charge in [-0.05, 0) is 45.4 Å². The number of amides is 2. The van der Waals surface area contributed by atoms with Gasteiger partial charge < -0.3 is 15.6 Å². The van der Waals surface area contributed by atoms with Crippen LogP contribution in [0.3, 0.4) is 0 Å². The number of carbonyl (C=O) groups is 2. The minimum Gasteiger partial charge on any atom is -0.343 e. The van der Waals surface area contributed by atoms with Crippen molar-refractivity contribution in [2.75, 3.05) is 37.0 Å². The number of nitrogen functional groups attached to an aromatic ring is 1. The number of likely N-dealkylation sites (tertiary alicyclic amines) is 1. The normalized spacial score (nSPS) is 21.7. The molecular formula is C19H32N6O2S2. The molecular weight excluding hydrogens is 408 g/mol. The molecule has 2 amide bonds. The van der Waals surface area contributed by atoms with Crippen LogP contribution in [0.2, 0.25) is 0 Å². The quantitative estimate of drug-likeness (QED) is 0.489. The number of rotatable bonds is 8. The van der Waals surface area contributed by atoms with E-state index in [2.05, 4.69) is 15.1 Å². The lowest BCUT2D eigenvalue weighted by molar-refractivity contribution is -0.134. The fourth-order valence-corrected chi connectivity index (χ4v) is 5.96. The van der Waals surface area contributed by atoms with Gasteiger partial charge in [0.15, 0.2) is 0 Å². The summed E-state index contributed by atoms with van der Waals surface area (Å²) in [4.78, 5) is 28.9. The number of hydrogen-bond donors (Lipinski definition) is 1. The Morgan fingerprint density at radius 2 is 1.66 bits per heavy atom. The van der Waals surface area contributed by atoms with Gasteiger partial charge >= 0.3 is 0 Å². The fourth-order valence-electron chi connectivity index (χ4n) is 4.40. The smallest absolute Gasteiger partial charge is 0.233 e. The maximum Gasteiger partial charge on any atom is 0.233 e. The predicted octanol–water partition coefficient (Wildman–Crippen LogP) is 2.23. The van der Waals surface area contributed by atoms with Crippen molar-refractivity contribution in [2.24, 2.45) is 5.92 Å². The lowest BCUT2D eigenvalue weighted by Gasteiger charge is -2.44. The van der Waals surface area contributed by atoms with Gasteiger partial charge in [-0.1, -0.05) is 36.4 Å². The van der Waals surface area contributed by atoms with Gasteiger partial charge in [0.25, 0.3) is 0 Å². The van der Waals surface area contributed by atoms with Crippen LogP contribution < -0.4 is 5.84 Å². The number of nitrogens with zero attached hydrogens (tertiary/aromatic N) is 5. The highest BCUT2D eigenvalue weighted by atomic mass is 32.2. The first-order chi connectivity index (χ1) is 14.0. The van der Waals surface area contributed by atoms with Gasteiger partial charge in [-0.3, -0.25) is 9.59 Å². The van der Waals surface area contributed by atoms with Crippen LogP contribution in [-0.2, 0) is 9.59 Å². The first kappa shape index (κ1) is 22.3. The Balaban J connectivity index is 1.52. The molecule has 1 aromatic heterocycles. The van der Waals surface area contributed by atoms with Gasteiger partial charge in [0.1, 0.15) is 0 Å². The molecule has 3 rings (SSSR count). The van der Waals surface area contributed by atoms with E-state index in [1.54, 1.807) is 4.90 Å². The highest BCUT2D eigenvalue weighted by Gasteiger charge is 2.35. The molecule has 0 spiro atoms. The minimum absolute atomic E-state index is 0.0551. The van der Waals surface area contributed by atoms with E-state index in [-0.39, 0.29) is 17.6 Å². The molecule has 0 bridgehead atoms. The number of hydrogen-bond acceptors (Lipinski definition) is 7. The summed E-state index contributed by atoms with van der Waals surface area (Å²) in [5.74, 6) is 7.60. The van der Waals surface area contributed by atoms with Crippen LogP contribution >= 0.6 is 23.5 Å². The summed E-state index contributed by atoms with van der Waals surface area (Å²) < 4.78 is 1.39. The van der Waals surface area contributed by atoms with Crippen molar-refractivity contribution in [3.63, 3.8) is 0 Å². The van der Waals surface area contributed by atoms with Crippen molar-refractivity contribution >= 4 is 35.3 Å². The Kier molecular flexibility index (Phi) is 8.11. The third kappa shape index (κ3) is 5.39. The molecule has 1 saturated carbocycles. The van der Waals surface area contributed by atoms with Gasteiger partial charge in [0.2, 0.25) is 22.1 Å². The van der Waals surface area contributed by atoms with Crippen molar-refractivity contribution in [2.45, 2.75) is 68.7 Å². The van der Waals surface area contributed by atoms with Crippen molar-refractivity contribution < 1.29 is 9.59 Å². The second-order valence-electron chi connectivity index (χ2n) is 7.62. The topological polar surface area (TPSA) is 97.4 Å². The Bertz CT molecular complexity index is 707. The molecule has 2 atom stereocenters. The summed E-state index contributed by atoms with van der Waals surface area (Å²) in [6.07, 6.45) is 7.27. The molecule has 29 heavy (non-hydrogen) atoms. The summed E-state index contributed by atoms with van der Waals surface area (Å²) >= 11 is 2.60. The number of nitrogens with two attached hydrogens (primary N) is 1. The van der Waals surface area contributed by atoms with Crippen LogP contribution in [0.15, 0.2) is 10.3 Å². The van der Waals surface area contributed by atoms with E-state index >= 15 is 0 Å². The van der Waals surface area contributed by atoms with Crippen molar-refractivity contribution in [3.8, 4) is 0 Å². The maximum absolute atomic E-state index is 12.9. The van der Waals surface area contributed by atoms with Crippen molar-refractivity contribution in [3.05, 3.63) is 0 Å². The molecule has 2 N–H and O–H groups in total. The zero-order valence-electron chi connectivity index (χ0n) is 17.4. The molecule has 0 aromatic carbocycles. The molecule has 2 aliphatic rings. The van der Waals surface area contributed by atoms with Gasteiger partial charge in [0, 0.05) is 25.7 Å². The number of fused-ring (bicyclic) bond motifs is 1. The van der Waals surface area contributed by atoms with E-state index in [4.69, 9.17) is 5.84 Å². The molecule has 1 aliphatic carbocycles. The number of thioether (sulfide) groups is 2. The van der Waals surface area contributed by atoms with Gasteiger partial charge in [0.05, 0.1) is 11.5 Å². The standard InChI is InChI=1S/C19H32N6O2S2/c1-3-23(4-2)16(26)12-28-18-21-22-19(25(18)20)29-13-17(27)24-11-7-9-14-8-5-6-10-15(14)24/h14-15H,3-13,20H2,1-2H3. The summed E-state index contributed by atoms with van der Waals surface area (Å²) in [6, 6.07) is 0.415. The Morgan fingerprint density at radius 1 is 1.03 bits per heavy atom. The number of aromatic nitrogens is 3. The van der Waals surface area contributed by atoms with Crippen LogP contribution in [0.5, 0.6) is 0 Å². The molecule has 0 radical (unpaired) electrons. The molecule has 10 heteroatoms. The lowest BCUT2D eigenvalue weighted by Crippen LogP contribution is -2.50. The summed E-state index contributed by atoms with van der Waals surface area (Å²) in [5, 5.41) is 9.20. The maximum atomic E-state index is 12.9. The van der Waals surface area contributed by atoms with E-state index in [1.165, 1.54) is 53.9 Å². The second kappa shape index (κ2) is 10.6. The molecule has 2 unspecified atom stereocenters. The summed E-state index contributed by atoms with van der Waals surface area (Å²) in [6.45, 7) is 6.16. The Hall–Kier alpha value is -1.42. The lowest BCUT2D eigenvalue weighted by atomic mass is 9.78. The minimum atomic E-state index is 0.0551. The fraction of sp³-hybridized carbons (Fsp3) is 0.789. The summed E-state index contributed by atoms with van der Waals surface area (Å²) in [7, 11) is 0. The molecule has 162 valence electrons. The van der Waals surface area contributed by atoms with Gasteiger partial charge in [-0.15, -0.1) is 10.2 Å². The number of piperidine rings is 1. The number of carbonyl (C=O) groups excluding carboxylic acids is 2. The third-order valence-electron chi connectivity index (χ3n) is 5.96. The zero-order chi connectivity index (χ0) is 20.8. The molecule has 1 saturated heterocycles. The third-order valence-corrected chi connectivity index (χ3v) is 7.82. The predicted molar refractivity (Wildman–Crippen MR) is 116 cm³/mol. The van der Waals surface area contributed by atoms with Crippen LogP contribution in [0.1, 0.15) is 52.4 Å². The van der Waals surface area contributed by atoms with Crippen molar-refractivity contribution in [1.29, 1.82) is 0 Å². The van der Waals surface area contributed by atoms with Crippen LogP contribution in [0, 0.1) is 5.92 Å². The second-order valence-corrected chi connectivity index (χ2v) is 9.50. The highest BCUT2D eigenvalue weighted by molar-refractivity contribution is 8.00. The Labute approximate surface area is 181 Å². The molecule has 8 nitrogen and oxygen atoms in total. The highest BCUT2D eigenvalue weighted by Crippen LogP contribution is 2.35. The largest absolute Gasteiger partial charge is 0.343 e. The molecule has 1 aliphatic heterocycles. The van der Waals surface area contributed by atoms with Crippen LogP contribution in [-0.4, -0.2) is 73.7 Å². The van der Waals surface area contributed by atoms with E-state index in [1.807, 2.05) is 13.8 Å². The molecule has 2 fully saturated rings. The van der Waals surface area contributed by atoms with E-state index in [9.17, 15) is 9.59 Å². The molecule has 2 heterocycles. The zero-order valence-corrected chi connectivity index (χ0v) is 19.0. The monoisotopic (exact) mass is 440 g/mol. The average molecular weight is 441 g/mol. The van der Waals surface area contributed by atoms with Gasteiger partial charge in [-0.25, -0.2) is 4.68 Å². The van der Waals surface area contributed by atoms with E-state index in [0.29, 0.717) is 41.1 Å². The van der Waals surface area contributed by atoms with E-state index in [0.717, 1.165) is 19.4 Å². The summed E-state index contributed by atoms with van der Waals surface area (Å²) in [5.41, 5.74) is 0. The van der Waals surface area contributed by atoms with Crippen molar-refractivity contribution in [1.82, 2.24) is 24.7 Å². The first-order valence-electron chi connectivity index (χ1n) is 10.6. The first-order valence-corrected chi connectivity index (χ1v) is 12.6. The Morgan fingerprint density at radius 3 is 2.34 bits per heavy atom. The SMILES string of the molecule is CCN(CC)C(=O)CSc1nnc(SCC(=O)N2CCCC3CCCCC32)n1N. The van der Waals surface area contributed by atoms with Crippen LogP contribution in [0.25, 0.3) is 0 Å². The van der Waals surface area contributed by atoms with Gasteiger partial charge in [-0.2, -0.15) is 0 Å². The van der Waals surface area contributed by atoms with Crippen LogP contribution in [0.4, 0.5) is 0 Å².